The zero-order valence-electron chi connectivity index (χ0n) is 21.9. The molecule has 3 rings (SSSR count). The SMILES string of the molecule is CC(C)(C)CC(C)(C)c1cc(-n2nc3ccc(Cl)cc3n2)cc(C(C)(C)C(O)C(C)(C)C)c1. The third-order valence-corrected chi connectivity index (χ3v) is 6.73. The van der Waals surface area contributed by atoms with Crippen molar-refractivity contribution in [3.05, 3.63) is 52.5 Å². The summed E-state index contributed by atoms with van der Waals surface area (Å²) in [4.78, 5) is 1.70. The van der Waals surface area contributed by atoms with Crippen molar-refractivity contribution in [1.82, 2.24) is 15.0 Å². The van der Waals surface area contributed by atoms with Gasteiger partial charge in [-0.25, -0.2) is 0 Å². The minimum atomic E-state index is -0.526. The van der Waals surface area contributed by atoms with E-state index in [0.717, 1.165) is 28.7 Å². The number of aliphatic hydroxyl groups excluding tert-OH is 1. The fourth-order valence-corrected chi connectivity index (χ4v) is 5.33. The van der Waals surface area contributed by atoms with Crippen LogP contribution in [0.15, 0.2) is 36.4 Å². The van der Waals surface area contributed by atoms with E-state index in [4.69, 9.17) is 21.8 Å². The lowest BCUT2D eigenvalue weighted by Gasteiger charge is -2.40. The number of fused-ring (bicyclic) bond motifs is 1. The Hall–Kier alpha value is -1.91. The molecule has 1 unspecified atom stereocenters. The average Bonchev–Trinajstić information content (AvgIpc) is 3.07. The molecule has 0 amide bonds. The number of nitrogens with zero attached hydrogens (tertiary/aromatic N) is 3. The summed E-state index contributed by atoms with van der Waals surface area (Å²) < 4.78 is 0. The van der Waals surface area contributed by atoms with Gasteiger partial charge in [-0.15, -0.1) is 10.2 Å². The van der Waals surface area contributed by atoms with Crippen LogP contribution in [-0.4, -0.2) is 26.2 Å². The second-order valence-corrected chi connectivity index (χ2v) is 13.4. The van der Waals surface area contributed by atoms with Crippen LogP contribution in [-0.2, 0) is 10.8 Å². The molecule has 0 aliphatic rings. The maximum atomic E-state index is 11.3. The van der Waals surface area contributed by atoms with E-state index in [2.05, 4.69) is 87.4 Å². The van der Waals surface area contributed by atoms with Gasteiger partial charge in [-0.1, -0.05) is 86.9 Å². The first-order valence-electron chi connectivity index (χ1n) is 11.8. The number of aliphatic hydroxyl groups is 1. The summed E-state index contributed by atoms with van der Waals surface area (Å²) in [6.45, 7) is 21.9. The average molecular weight is 470 g/mol. The first kappa shape index (κ1) is 25.7. The number of halogens is 1. The summed E-state index contributed by atoms with van der Waals surface area (Å²) in [6, 6.07) is 12.1. The third kappa shape index (κ3) is 5.60. The fraction of sp³-hybridized carbons (Fsp3) is 0.571. The van der Waals surface area contributed by atoms with E-state index in [9.17, 15) is 5.11 Å². The second kappa shape index (κ2) is 8.39. The van der Waals surface area contributed by atoms with Gasteiger partial charge < -0.3 is 5.11 Å². The van der Waals surface area contributed by atoms with Gasteiger partial charge in [0, 0.05) is 10.4 Å². The van der Waals surface area contributed by atoms with Crippen molar-refractivity contribution in [2.75, 3.05) is 0 Å². The predicted molar refractivity (Wildman–Crippen MR) is 139 cm³/mol. The number of hydrogen-bond donors (Lipinski definition) is 1. The number of aromatic nitrogens is 3. The molecule has 1 aromatic heterocycles. The first-order valence-corrected chi connectivity index (χ1v) is 12.2. The summed E-state index contributed by atoms with van der Waals surface area (Å²) in [6.07, 6.45) is 0.497. The zero-order valence-corrected chi connectivity index (χ0v) is 22.7. The molecule has 0 bridgehead atoms. The highest BCUT2D eigenvalue weighted by atomic mass is 35.5. The van der Waals surface area contributed by atoms with Crippen molar-refractivity contribution in [1.29, 1.82) is 0 Å². The van der Waals surface area contributed by atoms with Gasteiger partial charge in [0.25, 0.3) is 0 Å². The Morgan fingerprint density at radius 1 is 0.818 bits per heavy atom. The zero-order chi connectivity index (χ0) is 25.0. The fourth-order valence-electron chi connectivity index (χ4n) is 5.16. The molecule has 33 heavy (non-hydrogen) atoms. The Balaban J connectivity index is 2.23. The number of hydrogen-bond acceptors (Lipinski definition) is 3. The summed E-state index contributed by atoms with van der Waals surface area (Å²) in [5, 5.41) is 21.4. The molecule has 4 nitrogen and oxygen atoms in total. The molecule has 2 aromatic carbocycles. The molecule has 180 valence electrons. The molecule has 0 saturated heterocycles. The molecule has 0 aliphatic heterocycles. The van der Waals surface area contributed by atoms with Gasteiger partial charge >= 0.3 is 0 Å². The maximum absolute atomic E-state index is 11.3. The molecule has 1 N–H and O–H groups in total. The van der Waals surface area contributed by atoms with Crippen LogP contribution in [0.1, 0.15) is 86.8 Å². The highest BCUT2D eigenvalue weighted by Gasteiger charge is 2.39. The third-order valence-electron chi connectivity index (χ3n) is 6.49. The lowest BCUT2D eigenvalue weighted by molar-refractivity contribution is 0.00538. The minimum absolute atomic E-state index is 0.0678. The molecule has 0 saturated carbocycles. The van der Waals surface area contributed by atoms with E-state index in [1.165, 1.54) is 5.56 Å². The van der Waals surface area contributed by atoms with Crippen molar-refractivity contribution in [3.8, 4) is 5.69 Å². The van der Waals surface area contributed by atoms with E-state index in [1.54, 1.807) is 4.80 Å². The molecule has 1 heterocycles. The van der Waals surface area contributed by atoms with Crippen LogP contribution >= 0.6 is 11.6 Å². The van der Waals surface area contributed by atoms with Crippen LogP contribution in [0.3, 0.4) is 0 Å². The Labute approximate surface area is 204 Å². The van der Waals surface area contributed by atoms with Gasteiger partial charge in [-0.2, -0.15) is 4.80 Å². The second-order valence-electron chi connectivity index (χ2n) is 13.0. The van der Waals surface area contributed by atoms with Crippen LogP contribution in [0.5, 0.6) is 0 Å². The van der Waals surface area contributed by atoms with Crippen molar-refractivity contribution in [3.63, 3.8) is 0 Å². The molecule has 0 fully saturated rings. The first-order chi connectivity index (χ1) is 14.9. The highest BCUT2D eigenvalue weighted by Crippen LogP contribution is 2.42. The highest BCUT2D eigenvalue weighted by molar-refractivity contribution is 6.31. The van der Waals surface area contributed by atoms with Crippen molar-refractivity contribution in [2.45, 2.75) is 92.6 Å². The van der Waals surface area contributed by atoms with Gasteiger partial charge in [0.1, 0.15) is 11.0 Å². The maximum Gasteiger partial charge on any atom is 0.115 e. The van der Waals surface area contributed by atoms with Crippen LogP contribution in [0.2, 0.25) is 5.02 Å². The summed E-state index contributed by atoms with van der Waals surface area (Å²) in [5.41, 5.74) is 4.15. The van der Waals surface area contributed by atoms with Crippen LogP contribution in [0.25, 0.3) is 16.7 Å². The molecular weight excluding hydrogens is 430 g/mol. The summed E-state index contributed by atoms with van der Waals surface area (Å²) >= 11 is 6.18. The van der Waals surface area contributed by atoms with Gasteiger partial charge in [0.05, 0.1) is 11.8 Å². The monoisotopic (exact) mass is 469 g/mol. The molecule has 3 aromatic rings. The van der Waals surface area contributed by atoms with Crippen molar-refractivity contribution >= 4 is 22.6 Å². The molecule has 0 aliphatic carbocycles. The van der Waals surface area contributed by atoms with Crippen molar-refractivity contribution < 1.29 is 5.11 Å². The van der Waals surface area contributed by atoms with E-state index < -0.39 is 11.5 Å². The van der Waals surface area contributed by atoms with Gasteiger partial charge in [0.15, 0.2) is 0 Å². The Morgan fingerprint density at radius 2 is 1.39 bits per heavy atom. The van der Waals surface area contributed by atoms with Crippen LogP contribution in [0, 0.1) is 10.8 Å². The summed E-state index contributed by atoms with van der Waals surface area (Å²) in [5.74, 6) is 0. The Morgan fingerprint density at radius 3 is 1.97 bits per heavy atom. The van der Waals surface area contributed by atoms with Gasteiger partial charge in [-0.3, -0.25) is 0 Å². The molecule has 1 atom stereocenters. The largest absolute Gasteiger partial charge is 0.392 e. The lowest BCUT2D eigenvalue weighted by Crippen LogP contribution is -2.43. The van der Waals surface area contributed by atoms with E-state index >= 15 is 0 Å². The topological polar surface area (TPSA) is 50.9 Å². The molecule has 0 radical (unpaired) electrons. The minimum Gasteiger partial charge on any atom is -0.392 e. The van der Waals surface area contributed by atoms with Crippen molar-refractivity contribution in [2.24, 2.45) is 10.8 Å². The lowest BCUT2D eigenvalue weighted by atomic mass is 9.67. The van der Waals surface area contributed by atoms with E-state index in [0.29, 0.717) is 5.02 Å². The van der Waals surface area contributed by atoms with Crippen LogP contribution < -0.4 is 0 Å². The Bertz CT molecular complexity index is 1150. The van der Waals surface area contributed by atoms with Crippen LogP contribution in [0.4, 0.5) is 0 Å². The normalized spacial score (nSPS) is 14.7. The predicted octanol–water partition coefficient (Wildman–Crippen LogP) is 7.47. The smallest absolute Gasteiger partial charge is 0.115 e. The molecular formula is C28H40ClN3O. The summed E-state index contributed by atoms with van der Waals surface area (Å²) in [7, 11) is 0. The Kier molecular flexibility index (Phi) is 6.54. The molecule has 5 heteroatoms. The van der Waals surface area contributed by atoms with E-state index in [1.807, 2.05) is 18.2 Å². The quantitative estimate of drug-likeness (QED) is 0.421. The number of rotatable bonds is 5. The standard InChI is InChI=1S/C28H40ClN3O/c1-25(2,3)17-27(7,8)18-13-19(28(9,10)24(33)26(4,5)6)15-21(14-18)32-30-22-12-11-20(29)16-23(22)31-32/h11-16,24,33H,17H2,1-10H3. The molecule has 0 spiro atoms. The van der Waals surface area contributed by atoms with Gasteiger partial charge in [-0.05, 0) is 64.1 Å². The van der Waals surface area contributed by atoms with Gasteiger partial charge in [0.2, 0.25) is 0 Å². The van der Waals surface area contributed by atoms with E-state index in [-0.39, 0.29) is 16.2 Å². The number of benzene rings is 2.